The van der Waals surface area contributed by atoms with Crippen LogP contribution in [0.15, 0.2) is 74.2 Å². The standard InChI is InChI=1S/C17H10O6S2/c18-16-10-5-1-3-7-12(10)24(20,21)14(16)9-15-17(19)11-6-2-4-8-13(11)25(15,22)23/h1-9,18H. The SMILES string of the molecule is O=C1C(=CC2=C(O)c3ccccc3S2(=O)=O)S(=O)(=O)c2ccccc21. The third-order valence-corrected chi connectivity index (χ3v) is 7.79. The highest BCUT2D eigenvalue weighted by atomic mass is 32.2. The van der Waals surface area contributed by atoms with Gasteiger partial charge in [-0.25, -0.2) is 16.8 Å². The number of aliphatic hydroxyl groups is 1. The van der Waals surface area contributed by atoms with E-state index < -0.39 is 41.0 Å². The first-order valence-corrected chi connectivity index (χ1v) is 10.1. The van der Waals surface area contributed by atoms with Gasteiger partial charge in [-0.2, -0.15) is 0 Å². The topological polar surface area (TPSA) is 106 Å². The van der Waals surface area contributed by atoms with Gasteiger partial charge < -0.3 is 5.11 Å². The van der Waals surface area contributed by atoms with Crippen molar-refractivity contribution in [3.63, 3.8) is 0 Å². The van der Waals surface area contributed by atoms with E-state index in [2.05, 4.69) is 0 Å². The molecule has 0 amide bonds. The van der Waals surface area contributed by atoms with Crippen LogP contribution >= 0.6 is 0 Å². The average molecular weight is 374 g/mol. The first kappa shape index (κ1) is 15.8. The summed E-state index contributed by atoms with van der Waals surface area (Å²) in [5, 5.41) is 10.3. The average Bonchev–Trinajstić information content (AvgIpc) is 2.90. The quantitative estimate of drug-likeness (QED) is 0.768. The van der Waals surface area contributed by atoms with Crippen LogP contribution in [0.3, 0.4) is 0 Å². The molecule has 4 rings (SSSR count). The molecule has 2 aliphatic heterocycles. The van der Waals surface area contributed by atoms with Crippen molar-refractivity contribution in [2.45, 2.75) is 9.79 Å². The van der Waals surface area contributed by atoms with Crippen molar-refractivity contribution in [1.82, 2.24) is 0 Å². The second-order valence-electron chi connectivity index (χ2n) is 5.55. The lowest BCUT2D eigenvalue weighted by Crippen LogP contribution is -2.06. The second-order valence-corrected chi connectivity index (χ2v) is 9.32. The first-order chi connectivity index (χ1) is 11.8. The van der Waals surface area contributed by atoms with Gasteiger partial charge in [-0.3, -0.25) is 4.79 Å². The number of sulfone groups is 2. The van der Waals surface area contributed by atoms with E-state index in [0.29, 0.717) is 0 Å². The number of hydrogen-bond acceptors (Lipinski definition) is 6. The fourth-order valence-corrected chi connectivity index (χ4v) is 6.18. The molecule has 0 fully saturated rings. The van der Waals surface area contributed by atoms with Crippen LogP contribution < -0.4 is 0 Å². The van der Waals surface area contributed by atoms with Crippen LogP contribution in [-0.4, -0.2) is 27.7 Å². The number of carbonyl (C=O) groups excluding carboxylic acids is 1. The van der Waals surface area contributed by atoms with E-state index in [4.69, 9.17) is 0 Å². The molecule has 2 aromatic rings. The van der Waals surface area contributed by atoms with Gasteiger partial charge in [0.25, 0.3) is 0 Å². The Labute approximate surface area is 143 Å². The fourth-order valence-electron chi connectivity index (χ4n) is 2.94. The molecule has 0 unspecified atom stereocenters. The minimum absolute atomic E-state index is 0.0123. The first-order valence-electron chi connectivity index (χ1n) is 7.14. The Kier molecular flexibility index (Phi) is 3.10. The summed E-state index contributed by atoms with van der Waals surface area (Å²) in [5.41, 5.74) is 0.0662. The number of benzene rings is 2. The minimum atomic E-state index is -4.14. The highest BCUT2D eigenvalue weighted by molar-refractivity contribution is 7.97. The van der Waals surface area contributed by atoms with Crippen molar-refractivity contribution in [2.24, 2.45) is 0 Å². The Morgan fingerprint density at radius 1 is 0.760 bits per heavy atom. The van der Waals surface area contributed by atoms with Gasteiger partial charge in [0.05, 0.1) is 9.79 Å². The molecule has 0 saturated heterocycles. The van der Waals surface area contributed by atoms with E-state index in [1.54, 1.807) is 6.07 Å². The van der Waals surface area contributed by atoms with Crippen molar-refractivity contribution in [3.8, 4) is 0 Å². The number of carbonyl (C=O) groups is 1. The molecule has 2 heterocycles. The summed E-state index contributed by atoms with van der Waals surface area (Å²) in [6, 6.07) is 11.4. The zero-order valence-corrected chi connectivity index (χ0v) is 14.1. The Balaban J connectivity index is 1.98. The third-order valence-electron chi connectivity index (χ3n) is 4.15. The van der Waals surface area contributed by atoms with E-state index in [1.807, 2.05) is 0 Å². The van der Waals surface area contributed by atoms with E-state index in [-0.39, 0.29) is 20.9 Å². The van der Waals surface area contributed by atoms with Gasteiger partial charge in [-0.1, -0.05) is 24.3 Å². The number of hydrogen-bond donors (Lipinski definition) is 1. The molecule has 0 radical (unpaired) electrons. The van der Waals surface area contributed by atoms with Gasteiger partial charge >= 0.3 is 0 Å². The Morgan fingerprint density at radius 2 is 1.28 bits per heavy atom. The molecule has 8 heteroatoms. The van der Waals surface area contributed by atoms with Gasteiger partial charge in [-0.05, 0) is 30.3 Å². The summed E-state index contributed by atoms with van der Waals surface area (Å²) in [7, 11) is -8.25. The van der Waals surface area contributed by atoms with Crippen molar-refractivity contribution in [2.75, 3.05) is 0 Å². The van der Waals surface area contributed by atoms with Gasteiger partial charge in [0.2, 0.25) is 25.5 Å². The molecule has 0 aromatic heterocycles. The van der Waals surface area contributed by atoms with Crippen LogP contribution in [0.25, 0.3) is 5.76 Å². The Bertz CT molecular complexity index is 1230. The fraction of sp³-hybridized carbons (Fsp3) is 0. The maximum absolute atomic E-state index is 12.6. The highest BCUT2D eigenvalue weighted by Gasteiger charge is 2.42. The third kappa shape index (κ3) is 1.98. The maximum atomic E-state index is 12.6. The number of ketones is 1. The zero-order chi connectivity index (χ0) is 18.0. The smallest absolute Gasteiger partial charge is 0.211 e. The summed E-state index contributed by atoms with van der Waals surface area (Å²) in [5.74, 6) is -1.36. The van der Waals surface area contributed by atoms with E-state index in [0.717, 1.165) is 6.08 Å². The van der Waals surface area contributed by atoms with Gasteiger partial charge in [0, 0.05) is 11.1 Å². The lowest BCUT2D eigenvalue weighted by atomic mass is 10.1. The number of Topliss-reactive ketones (excluding diaryl/α,β-unsaturated/α-hetero) is 1. The van der Waals surface area contributed by atoms with Crippen molar-refractivity contribution in [3.05, 3.63) is 75.5 Å². The predicted octanol–water partition coefficient (Wildman–Crippen LogP) is 2.25. The van der Waals surface area contributed by atoms with E-state index >= 15 is 0 Å². The number of allylic oxidation sites excluding steroid dienone is 2. The van der Waals surface area contributed by atoms with Crippen LogP contribution in [0, 0.1) is 0 Å². The van der Waals surface area contributed by atoms with Crippen LogP contribution in [0.4, 0.5) is 0 Å². The molecule has 2 aromatic carbocycles. The maximum Gasteiger partial charge on any atom is 0.211 e. The Hall–Kier alpha value is -2.71. The Morgan fingerprint density at radius 3 is 1.84 bits per heavy atom. The summed E-state index contributed by atoms with van der Waals surface area (Å²) in [6.45, 7) is 0. The molecule has 6 nitrogen and oxygen atoms in total. The lowest BCUT2D eigenvalue weighted by Gasteiger charge is -2.00. The summed E-state index contributed by atoms with van der Waals surface area (Å²) < 4.78 is 50.4. The zero-order valence-electron chi connectivity index (χ0n) is 12.5. The molecular weight excluding hydrogens is 364 g/mol. The largest absolute Gasteiger partial charge is 0.506 e. The summed E-state index contributed by atoms with van der Waals surface area (Å²) in [6.07, 6.45) is 0.752. The van der Waals surface area contributed by atoms with Crippen LogP contribution in [-0.2, 0) is 19.7 Å². The number of aliphatic hydroxyl groups excluding tert-OH is 1. The number of rotatable bonds is 1. The lowest BCUT2D eigenvalue weighted by molar-refractivity contribution is 0.104. The predicted molar refractivity (Wildman–Crippen MR) is 89.2 cm³/mol. The van der Waals surface area contributed by atoms with Gasteiger partial charge in [0.15, 0.2) is 0 Å². The minimum Gasteiger partial charge on any atom is -0.506 e. The molecular formula is C17H10O6S2. The molecule has 0 bridgehead atoms. The second kappa shape index (κ2) is 4.90. The monoisotopic (exact) mass is 374 g/mol. The van der Waals surface area contributed by atoms with Crippen molar-refractivity contribution < 1.29 is 26.7 Å². The summed E-state index contributed by atoms with van der Waals surface area (Å²) >= 11 is 0. The molecule has 0 aliphatic carbocycles. The molecule has 1 N–H and O–H groups in total. The molecule has 126 valence electrons. The number of fused-ring (bicyclic) bond motifs is 2. The molecule has 0 spiro atoms. The van der Waals surface area contributed by atoms with Gasteiger partial charge in [0.1, 0.15) is 15.6 Å². The molecule has 25 heavy (non-hydrogen) atoms. The van der Waals surface area contributed by atoms with Gasteiger partial charge in [-0.15, -0.1) is 0 Å². The summed E-state index contributed by atoms with van der Waals surface area (Å²) in [4.78, 5) is 10.9. The van der Waals surface area contributed by atoms with Crippen LogP contribution in [0.5, 0.6) is 0 Å². The van der Waals surface area contributed by atoms with Crippen LogP contribution in [0.1, 0.15) is 15.9 Å². The van der Waals surface area contributed by atoms with E-state index in [9.17, 15) is 26.7 Å². The van der Waals surface area contributed by atoms with Crippen molar-refractivity contribution >= 4 is 31.2 Å². The van der Waals surface area contributed by atoms with E-state index in [1.165, 1.54) is 42.5 Å². The normalized spacial score (nSPS) is 21.4. The molecule has 0 saturated carbocycles. The van der Waals surface area contributed by atoms with Crippen LogP contribution in [0.2, 0.25) is 0 Å². The molecule has 0 atom stereocenters. The van der Waals surface area contributed by atoms with Crippen molar-refractivity contribution in [1.29, 1.82) is 0 Å². The highest BCUT2D eigenvalue weighted by Crippen LogP contribution is 2.41. The molecule has 2 aliphatic rings.